The number of aryl methyl sites for hydroxylation is 1. The Morgan fingerprint density at radius 1 is 1.44 bits per heavy atom. The molecule has 0 aliphatic rings. The van der Waals surface area contributed by atoms with Gasteiger partial charge < -0.3 is 15.4 Å². The molecule has 3 heteroatoms. The SMILES string of the molecule is CCN(c1ccc(N)c(C)c1)C(C)COC. The Bertz CT molecular complexity index is 339. The van der Waals surface area contributed by atoms with E-state index < -0.39 is 0 Å². The molecule has 0 saturated carbocycles. The summed E-state index contributed by atoms with van der Waals surface area (Å²) >= 11 is 0. The predicted octanol–water partition coefficient (Wildman–Crippen LogP) is 2.44. The number of anilines is 2. The van der Waals surface area contributed by atoms with Gasteiger partial charge >= 0.3 is 0 Å². The summed E-state index contributed by atoms with van der Waals surface area (Å²) in [6.07, 6.45) is 0. The summed E-state index contributed by atoms with van der Waals surface area (Å²) in [6, 6.07) is 6.54. The number of ether oxygens (including phenoxy) is 1. The average molecular weight is 222 g/mol. The van der Waals surface area contributed by atoms with Crippen LogP contribution in [-0.4, -0.2) is 26.3 Å². The molecule has 1 atom stereocenters. The molecule has 1 rings (SSSR count). The van der Waals surface area contributed by atoms with Crippen LogP contribution < -0.4 is 10.6 Å². The Morgan fingerprint density at radius 2 is 2.12 bits per heavy atom. The zero-order valence-corrected chi connectivity index (χ0v) is 10.7. The lowest BCUT2D eigenvalue weighted by Crippen LogP contribution is -2.36. The molecule has 3 nitrogen and oxygen atoms in total. The van der Waals surface area contributed by atoms with E-state index in [1.807, 2.05) is 13.0 Å². The molecular weight excluding hydrogens is 200 g/mol. The predicted molar refractivity (Wildman–Crippen MR) is 69.9 cm³/mol. The van der Waals surface area contributed by atoms with E-state index in [9.17, 15) is 0 Å². The third-order valence-electron chi connectivity index (χ3n) is 2.87. The molecule has 0 spiro atoms. The van der Waals surface area contributed by atoms with Crippen molar-refractivity contribution in [1.29, 1.82) is 0 Å². The highest BCUT2D eigenvalue weighted by Gasteiger charge is 2.12. The fourth-order valence-electron chi connectivity index (χ4n) is 1.92. The highest BCUT2D eigenvalue weighted by atomic mass is 16.5. The van der Waals surface area contributed by atoms with Crippen molar-refractivity contribution in [3.8, 4) is 0 Å². The van der Waals surface area contributed by atoms with Gasteiger partial charge in [-0.15, -0.1) is 0 Å². The maximum absolute atomic E-state index is 5.82. The number of nitrogens with zero attached hydrogens (tertiary/aromatic N) is 1. The van der Waals surface area contributed by atoms with Crippen molar-refractivity contribution >= 4 is 11.4 Å². The number of nitrogens with two attached hydrogens (primary N) is 1. The molecule has 0 heterocycles. The summed E-state index contributed by atoms with van der Waals surface area (Å²) in [5.74, 6) is 0. The summed E-state index contributed by atoms with van der Waals surface area (Å²) in [6.45, 7) is 8.05. The Kier molecular flexibility index (Phi) is 4.62. The quantitative estimate of drug-likeness (QED) is 0.778. The molecule has 1 aromatic carbocycles. The minimum absolute atomic E-state index is 0.373. The second kappa shape index (κ2) is 5.75. The Labute approximate surface area is 98.2 Å². The molecule has 0 radical (unpaired) electrons. The largest absolute Gasteiger partial charge is 0.399 e. The van der Waals surface area contributed by atoms with E-state index >= 15 is 0 Å². The van der Waals surface area contributed by atoms with Crippen LogP contribution in [0.15, 0.2) is 18.2 Å². The third kappa shape index (κ3) is 2.89. The minimum atomic E-state index is 0.373. The number of methoxy groups -OCH3 is 1. The molecule has 90 valence electrons. The molecule has 0 bridgehead atoms. The van der Waals surface area contributed by atoms with Crippen LogP contribution in [0.4, 0.5) is 11.4 Å². The van der Waals surface area contributed by atoms with E-state index in [1.54, 1.807) is 7.11 Å². The van der Waals surface area contributed by atoms with Gasteiger partial charge in [-0.3, -0.25) is 0 Å². The summed E-state index contributed by atoms with van der Waals surface area (Å²) < 4.78 is 5.20. The van der Waals surface area contributed by atoms with Gasteiger partial charge in [0, 0.05) is 31.1 Å². The van der Waals surface area contributed by atoms with E-state index in [-0.39, 0.29) is 0 Å². The fraction of sp³-hybridized carbons (Fsp3) is 0.538. The molecule has 0 amide bonds. The first-order chi connectivity index (χ1) is 7.60. The molecule has 0 saturated heterocycles. The molecule has 0 fully saturated rings. The standard InChI is InChI=1S/C13H22N2O/c1-5-15(11(3)9-16-4)12-6-7-13(14)10(2)8-12/h6-8,11H,5,9,14H2,1-4H3. The van der Waals surface area contributed by atoms with Crippen LogP contribution in [-0.2, 0) is 4.74 Å². The first kappa shape index (κ1) is 12.8. The molecule has 1 aromatic rings. The van der Waals surface area contributed by atoms with Crippen molar-refractivity contribution in [3.05, 3.63) is 23.8 Å². The average Bonchev–Trinajstić information content (AvgIpc) is 2.25. The maximum Gasteiger partial charge on any atom is 0.0663 e. The topological polar surface area (TPSA) is 38.5 Å². The zero-order valence-electron chi connectivity index (χ0n) is 10.7. The number of hydrogen-bond acceptors (Lipinski definition) is 3. The van der Waals surface area contributed by atoms with Crippen molar-refractivity contribution in [2.45, 2.75) is 26.8 Å². The lowest BCUT2D eigenvalue weighted by Gasteiger charge is -2.30. The second-order valence-corrected chi connectivity index (χ2v) is 4.13. The Morgan fingerprint density at radius 3 is 2.62 bits per heavy atom. The summed E-state index contributed by atoms with van der Waals surface area (Å²) in [5, 5.41) is 0. The molecule has 0 aliphatic carbocycles. The van der Waals surface area contributed by atoms with Gasteiger partial charge in [-0.2, -0.15) is 0 Å². The van der Waals surface area contributed by atoms with E-state index in [1.165, 1.54) is 5.69 Å². The monoisotopic (exact) mass is 222 g/mol. The van der Waals surface area contributed by atoms with Gasteiger partial charge in [0.05, 0.1) is 6.61 Å². The van der Waals surface area contributed by atoms with Gasteiger partial charge in [-0.05, 0) is 44.5 Å². The van der Waals surface area contributed by atoms with E-state index in [2.05, 4.69) is 30.9 Å². The number of hydrogen-bond donors (Lipinski definition) is 1. The van der Waals surface area contributed by atoms with Crippen molar-refractivity contribution < 1.29 is 4.74 Å². The first-order valence-corrected chi connectivity index (χ1v) is 5.71. The molecular formula is C13H22N2O. The summed E-state index contributed by atoms with van der Waals surface area (Å²) in [7, 11) is 1.73. The van der Waals surface area contributed by atoms with Crippen LogP contribution in [0.2, 0.25) is 0 Å². The first-order valence-electron chi connectivity index (χ1n) is 5.71. The van der Waals surface area contributed by atoms with Crippen molar-refractivity contribution in [3.63, 3.8) is 0 Å². The Hall–Kier alpha value is -1.22. The van der Waals surface area contributed by atoms with Gasteiger partial charge in [-0.1, -0.05) is 0 Å². The van der Waals surface area contributed by atoms with Crippen molar-refractivity contribution in [2.75, 3.05) is 30.9 Å². The highest BCUT2D eigenvalue weighted by molar-refractivity contribution is 5.58. The molecule has 16 heavy (non-hydrogen) atoms. The number of nitrogen functional groups attached to an aromatic ring is 1. The molecule has 2 N–H and O–H groups in total. The highest BCUT2D eigenvalue weighted by Crippen LogP contribution is 2.22. The van der Waals surface area contributed by atoms with E-state index in [0.29, 0.717) is 6.04 Å². The second-order valence-electron chi connectivity index (χ2n) is 4.13. The smallest absolute Gasteiger partial charge is 0.0663 e. The number of likely N-dealkylation sites (N-methyl/N-ethyl adjacent to an activating group) is 1. The van der Waals surface area contributed by atoms with Crippen LogP contribution in [0, 0.1) is 6.92 Å². The minimum Gasteiger partial charge on any atom is -0.399 e. The van der Waals surface area contributed by atoms with Crippen LogP contribution in [0.1, 0.15) is 19.4 Å². The van der Waals surface area contributed by atoms with Gasteiger partial charge in [-0.25, -0.2) is 0 Å². The molecule has 1 unspecified atom stereocenters. The van der Waals surface area contributed by atoms with Crippen molar-refractivity contribution in [1.82, 2.24) is 0 Å². The van der Waals surface area contributed by atoms with Crippen LogP contribution >= 0.6 is 0 Å². The normalized spacial score (nSPS) is 12.5. The summed E-state index contributed by atoms with van der Waals surface area (Å²) in [5.41, 5.74) is 9.00. The number of benzene rings is 1. The van der Waals surface area contributed by atoms with E-state index in [4.69, 9.17) is 10.5 Å². The van der Waals surface area contributed by atoms with Gasteiger partial charge in [0.25, 0.3) is 0 Å². The lowest BCUT2D eigenvalue weighted by molar-refractivity contribution is 0.182. The summed E-state index contributed by atoms with van der Waals surface area (Å²) in [4.78, 5) is 2.32. The van der Waals surface area contributed by atoms with Crippen LogP contribution in [0.3, 0.4) is 0 Å². The van der Waals surface area contributed by atoms with Crippen molar-refractivity contribution in [2.24, 2.45) is 0 Å². The molecule has 0 aromatic heterocycles. The van der Waals surface area contributed by atoms with Gasteiger partial charge in [0.15, 0.2) is 0 Å². The zero-order chi connectivity index (χ0) is 12.1. The van der Waals surface area contributed by atoms with Gasteiger partial charge in [0.2, 0.25) is 0 Å². The van der Waals surface area contributed by atoms with Crippen LogP contribution in [0.5, 0.6) is 0 Å². The lowest BCUT2D eigenvalue weighted by atomic mass is 10.1. The Balaban J connectivity index is 2.90. The van der Waals surface area contributed by atoms with Crippen LogP contribution in [0.25, 0.3) is 0 Å². The van der Waals surface area contributed by atoms with Gasteiger partial charge in [0.1, 0.15) is 0 Å². The molecule has 0 aliphatic heterocycles. The fourth-order valence-corrected chi connectivity index (χ4v) is 1.92. The maximum atomic E-state index is 5.82. The van der Waals surface area contributed by atoms with E-state index in [0.717, 1.165) is 24.4 Å². The third-order valence-corrected chi connectivity index (χ3v) is 2.87. The number of rotatable bonds is 5.